The van der Waals surface area contributed by atoms with Gasteiger partial charge in [-0.25, -0.2) is 0 Å². The summed E-state index contributed by atoms with van der Waals surface area (Å²) in [6, 6.07) is 10.7. The Morgan fingerprint density at radius 1 is 1.05 bits per heavy atom. The maximum atomic E-state index is 12.7. The minimum atomic E-state index is -4.34. The van der Waals surface area contributed by atoms with Crippen LogP contribution in [0, 0.1) is 6.61 Å². The zero-order chi connectivity index (χ0) is 13.5. The number of benzene rings is 2. The highest BCUT2D eigenvalue weighted by Gasteiger charge is 2.30. The molecule has 1 aliphatic rings. The number of hydrogen-bond acceptors (Lipinski definition) is 1. The van der Waals surface area contributed by atoms with Gasteiger partial charge < -0.3 is 4.74 Å². The summed E-state index contributed by atoms with van der Waals surface area (Å²) in [5.41, 5.74) is 1.44. The molecule has 2 aromatic carbocycles. The van der Waals surface area contributed by atoms with Crippen LogP contribution in [0.2, 0.25) is 0 Å². The second-order valence-electron chi connectivity index (χ2n) is 4.30. The molecule has 0 atom stereocenters. The van der Waals surface area contributed by atoms with Gasteiger partial charge in [0.05, 0.1) is 5.56 Å². The third kappa shape index (κ3) is 2.18. The van der Waals surface area contributed by atoms with Gasteiger partial charge in [0.1, 0.15) is 5.75 Å². The van der Waals surface area contributed by atoms with E-state index >= 15 is 0 Å². The maximum absolute atomic E-state index is 12.7. The zero-order valence-corrected chi connectivity index (χ0v) is 9.79. The molecule has 0 aliphatic carbocycles. The van der Waals surface area contributed by atoms with Crippen molar-refractivity contribution in [2.45, 2.75) is 12.6 Å². The first-order valence-corrected chi connectivity index (χ1v) is 5.75. The topological polar surface area (TPSA) is 9.23 Å². The molecule has 0 aromatic heterocycles. The molecule has 96 valence electrons. The van der Waals surface area contributed by atoms with Crippen molar-refractivity contribution in [2.24, 2.45) is 0 Å². The third-order valence-electron chi connectivity index (χ3n) is 3.03. The molecule has 0 saturated carbocycles. The van der Waals surface area contributed by atoms with E-state index in [1.165, 1.54) is 6.07 Å². The molecule has 2 aromatic rings. The van der Waals surface area contributed by atoms with Crippen LogP contribution < -0.4 is 4.74 Å². The van der Waals surface area contributed by atoms with Crippen molar-refractivity contribution in [1.82, 2.24) is 0 Å². The van der Waals surface area contributed by atoms with Crippen molar-refractivity contribution < 1.29 is 17.9 Å². The van der Waals surface area contributed by atoms with E-state index in [0.29, 0.717) is 23.3 Å². The molecule has 3 rings (SSSR count). The number of fused-ring (bicyclic) bond motifs is 1. The summed E-state index contributed by atoms with van der Waals surface area (Å²) in [5, 5.41) is 0. The van der Waals surface area contributed by atoms with Gasteiger partial charge in [-0.3, -0.25) is 0 Å². The van der Waals surface area contributed by atoms with E-state index in [4.69, 9.17) is 4.74 Å². The van der Waals surface area contributed by atoms with E-state index in [9.17, 15) is 13.2 Å². The fraction of sp³-hybridized carbons (Fsp3) is 0.133. The highest BCUT2D eigenvalue weighted by Crippen LogP contribution is 2.39. The molecule has 0 N–H and O–H groups in total. The standard InChI is InChI=1S/C15H9F3O/c16-15(17,18)12-5-1-4-11(9-12)13-6-2-3-10-7-8-19-14(10)13/h1-6,9H,7H2. The molecule has 0 spiro atoms. The summed E-state index contributed by atoms with van der Waals surface area (Å²) in [4.78, 5) is 0. The van der Waals surface area contributed by atoms with Gasteiger partial charge in [-0.15, -0.1) is 0 Å². The first-order valence-electron chi connectivity index (χ1n) is 5.75. The molecule has 1 nitrogen and oxygen atoms in total. The predicted octanol–water partition coefficient (Wildman–Crippen LogP) is 4.35. The summed E-state index contributed by atoms with van der Waals surface area (Å²) < 4.78 is 43.4. The second kappa shape index (κ2) is 4.30. The van der Waals surface area contributed by atoms with E-state index in [1.807, 2.05) is 12.1 Å². The molecular weight excluding hydrogens is 253 g/mol. The average molecular weight is 262 g/mol. The molecule has 1 aliphatic heterocycles. The van der Waals surface area contributed by atoms with Gasteiger partial charge in [0, 0.05) is 12.0 Å². The Morgan fingerprint density at radius 2 is 1.84 bits per heavy atom. The van der Waals surface area contributed by atoms with Crippen molar-refractivity contribution in [3.05, 3.63) is 60.2 Å². The van der Waals surface area contributed by atoms with E-state index in [0.717, 1.165) is 17.7 Å². The van der Waals surface area contributed by atoms with E-state index in [-0.39, 0.29) is 0 Å². The van der Waals surface area contributed by atoms with Crippen LogP contribution >= 0.6 is 0 Å². The Balaban J connectivity index is 2.11. The Morgan fingerprint density at radius 3 is 2.63 bits per heavy atom. The number of halogens is 3. The lowest BCUT2D eigenvalue weighted by molar-refractivity contribution is -0.137. The molecule has 0 saturated heterocycles. The third-order valence-corrected chi connectivity index (χ3v) is 3.03. The van der Waals surface area contributed by atoms with Crippen LogP contribution in [0.3, 0.4) is 0 Å². The van der Waals surface area contributed by atoms with E-state index in [2.05, 4.69) is 6.61 Å². The molecule has 0 bridgehead atoms. The number of ether oxygens (including phenoxy) is 1. The van der Waals surface area contributed by atoms with Gasteiger partial charge in [0.15, 0.2) is 0 Å². The van der Waals surface area contributed by atoms with Crippen LogP contribution in [-0.2, 0) is 12.6 Å². The fourth-order valence-electron chi connectivity index (χ4n) is 2.12. The van der Waals surface area contributed by atoms with Gasteiger partial charge >= 0.3 is 6.18 Å². The molecule has 0 fully saturated rings. The Labute approximate surface area is 108 Å². The van der Waals surface area contributed by atoms with Crippen LogP contribution in [0.5, 0.6) is 5.75 Å². The molecule has 2 radical (unpaired) electrons. The maximum Gasteiger partial charge on any atom is 0.416 e. The summed E-state index contributed by atoms with van der Waals surface area (Å²) in [5.74, 6) is 0.599. The number of alkyl halides is 3. The Hall–Kier alpha value is -1.97. The first kappa shape index (κ1) is 12.1. The summed E-state index contributed by atoms with van der Waals surface area (Å²) >= 11 is 0. The Kier molecular flexibility index (Phi) is 2.73. The lowest BCUT2D eigenvalue weighted by Gasteiger charge is -2.11. The largest absolute Gasteiger partial charge is 0.477 e. The SMILES string of the molecule is FC(F)(F)c1cccc(-c2cccc3c2O[C]C3)c1. The predicted molar refractivity (Wildman–Crippen MR) is 64.5 cm³/mol. The quantitative estimate of drug-likeness (QED) is 0.742. The highest BCUT2D eigenvalue weighted by atomic mass is 19.4. The second-order valence-corrected chi connectivity index (χ2v) is 4.30. The Bertz CT molecular complexity index is 617. The monoisotopic (exact) mass is 262 g/mol. The zero-order valence-electron chi connectivity index (χ0n) is 9.79. The van der Waals surface area contributed by atoms with Crippen molar-refractivity contribution in [2.75, 3.05) is 0 Å². The van der Waals surface area contributed by atoms with Gasteiger partial charge in [0.25, 0.3) is 0 Å². The van der Waals surface area contributed by atoms with Crippen molar-refractivity contribution in [3.63, 3.8) is 0 Å². The van der Waals surface area contributed by atoms with Crippen molar-refractivity contribution >= 4 is 0 Å². The molecule has 4 heteroatoms. The van der Waals surface area contributed by atoms with E-state index in [1.54, 1.807) is 12.1 Å². The van der Waals surface area contributed by atoms with Gasteiger partial charge in [-0.05, 0) is 23.3 Å². The molecule has 1 heterocycles. The van der Waals surface area contributed by atoms with Crippen LogP contribution in [0.15, 0.2) is 42.5 Å². The molecule has 0 amide bonds. The highest BCUT2D eigenvalue weighted by molar-refractivity contribution is 5.73. The normalized spacial score (nSPS) is 14.1. The van der Waals surface area contributed by atoms with Crippen molar-refractivity contribution in [3.8, 4) is 16.9 Å². The lowest BCUT2D eigenvalue weighted by atomic mass is 9.99. The average Bonchev–Trinajstić information content (AvgIpc) is 2.86. The minimum Gasteiger partial charge on any atom is -0.477 e. The summed E-state index contributed by atoms with van der Waals surface area (Å²) in [7, 11) is 0. The van der Waals surface area contributed by atoms with Gasteiger partial charge in [-0.2, -0.15) is 13.2 Å². The molecular formula is C15H9F3O. The number of hydrogen-bond donors (Lipinski definition) is 0. The smallest absolute Gasteiger partial charge is 0.416 e. The van der Waals surface area contributed by atoms with Crippen LogP contribution in [0.4, 0.5) is 13.2 Å². The summed E-state index contributed by atoms with van der Waals surface area (Å²) in [6.07, 6.45) is -3.78. The minimum absolute atomic E-state index is 0.496. The van der Waals surface area contributed by atoms with E-state index < -0.39 is 11.7 Å². The lowest BCUT2D eigenvalue weighted by Crippen LogP contribution is -2.04. The van der Waals surface area contributed by atoms with Crippen LogP contribution in [0.25, 0.3) is 11.1 Å². The van der Waals surface area contributed by atoms with Gasteiger partial charge in [-0.1, -0.05) is 30.3 Å². The fourth-order valence-corrected chi connectivity index (χ4v) is 2.12. The van der Waals surface area contributed by atoms with Gasteiger partial charge in [0.2, 0.25) is 6.61 Å². The van der Waals surface area contributed by atoms with Crippen LogP contribution in [0.1, 0.15) is 11.1 Å². The van der Waals surface area contributed by atoms with Crippen LogP contribution in [-0.4, -0.2) is 0 Å². The molecule has 0 unspecified atom stereocenters. The number of para-hydroxylation sites is 1. The molecule has 19 heavy (non-hydrogen) atoms. The summed E-state index contributed by atoms with van der Waals surface area (Å²) in [6.45, 7) is 2.72. The number of rotatable bonds is 1. The van der Waals surface area contributed by atoms with Crippen molar-refractivity contribution in [1.29, 1.82) is 0 Å². The first-order chi connectivity index (χ1) is 9.05.